The molecule has 0 bridgehead atoms. The van der Waals surface area contributed by atoms with Gasteiger partial charge in [-0.05, 0) is 37.5 Å². The molecule has 0 aromatic carbocycles. The zero-order chi connectivity index (χ0) is 15.3. The number of carbonyl (C=O) groups is 1. The Labute approximate surface area is 133 Å². The van der Waals surface area contributed by atoms with Crippen LogP contribution in [0.25, 0.3) is 0 Å². The van der Waals surface area contributed by atoms with Crippen LogP contribution in [0.2, 0.25) is 0 Å². The van der Waals surface area contributed by atoms with Crippen molar-refractivity contribution in [3.8, 4) is 0 Å². The van der Waals surface area contributed by atoms with Crippen molar-refractivity contribution < 1.29 is 9.21 Å². The first-order chi connectivity index (χ1) is 10.5. The topological polar surface area (TPSA) is 68.0 Å². The molecular weight excluding hydrogens is 298 g/mol. The number of nitrogens with zero attached hydrogens (tertiary/aromatic N) is 2. The minimum absolute atomic E-state index is 0.207. The predicted molar refractivity (Wildman–Crippen MR) is 84.4 cm³/mol. The van der Waals surface area contributed by atoms with Gasteiger partial charge in [0, 0.05) is 10.8 Å². The van der Waals surface area contributed by atoms with Crippen molar-refractivity contribution in [3.05, 3.63) is 28.4 Å². The van der Waals surface area contributed by atoms with Crippen molar-refractivity contribution in [3.63, 3.8) is 0 Å². The Morgan fingerprint density at radius 1 is 1.45 bits per heavy atom. The largest absolute Gasteiger partial charge is 0.447 e. The number of amides is 1. The van der Waals surface area contributed by atoms with Crippen LogP contribution in [-0.4, -0.2) is 15.9 Å². The Bertz CT molecular complexity index is 728. The highest BCUT2D eigenvalue weighted by molar-refractivity contribution is 7.15. The molecule has 0 aliphatic heterocycles. The van der Waals surface area contributed by atoms with Crippen LogP contribution in [0.4, 0.5) is 5.13 Å². The Kier molecular flexibility index (Phi) is 3.11. The van der Waals surface area contributed by atoms with Gasteiger partial charge in [0.25, 0.3) is 5.91 Å². The van der Waals surface area contributed by atoms with Gasteiger partial charge >= 0.3 is 0 Å². The van der Waals surface area contributed by atoms with Crippen molar-refractivity contribution in [1.29, 1.82) is 0 Å². The van der Waals surface area contributed by atoms with E-state index in [4.69, 9.17) is 4.42 Å². The van der Waals surface area contributed by atoms with E-state index in [0.717, 1.165) is 43.6 Å². The molecule has 2 aliphatic rings. The van der Waals surface area contributed by atoms with Gasteiger partial charge in [-0.3, -0.25) is 10.1 Å². The molecule has 1 fully saturated rings. The second kappa shape index (κ2) is 4.91. The van der Waals surface area contributed by atoms with Gasteiger partial charge in [-0.25, -0.2) is 9.97 Å². The van der Waals surface area contributed by atoms with Gasteiger partial charge in [0.1, 0.15) is 5.76 Å². The van der Waals surface area contributed by atoms with Gasteiger partial charge in [-0.15, -0.1) is 11.3 Å². The van der Waals surface area contributed by atoms with E-state index in [1.807, 2.05) is 0 Å². The quantitative estimate of drug-likeness (QED) is 0.935. The van der Waals surface area contributed by atoms with Crippen LogP contribution in [-0.2, 0) is 12.8 Å². The van der Waals surface area contributed by atoms with Crippen LogP contribution in [0.15, 0.2) is 10.8 Å². The average Bonchev–Trinajstić information content (AvgIpc) is 3.04. The lowest BCUT2D eigenvalue weighted by Crippen LogP contribution is -2.20. The van der Waals surface area contributed by atoms with Crippen LogP contribution >= 0.6 is 11.3 Å². The normalized spacial score (nSPS) is 19.7. The van der Waals surface area contributed by atoms with Crippen molar-refractivity contribution in [1.82, 2.24) is 9.97 Å². The number of rotatable bonds is 3. The fourth-order valence-corrected chi connectivity index (χ4v) is 4.23. The summed E-state index contributed by atoms with van der Waals surface area (Å²) >= 11 is 1.59. The van der Waals surface area contributed by atoms with Gasteiger partial charge in [-0.2, -0.15) is 0 Å². The number of nitrogens with one attached hydrogen (secondary N) is 1. The minimum Gasteiger partial charge on any atom is -0.447 e. The van der Waals surface area contributed by atoms with E-state index in [1.54, 1.807) is 11.3 Å². The number of thiazole rings is 1. The lowest BCUT2D eigenvalue weighted by Gasteiger charge is -2.28. The standard InChI is InChI=1S/C16H19N3O2S/c1-16(2)6-5-10-11(7-16)22-15(18-10)19-14(20)12-13(9-3-4-9)21-8-17-12/h8-9H,3-7H2,1-2H3,(H,18,19,20). The molecule has 2 aliphatic carbocycles. The summed E-state index contributed by atoms with van der Waals surface area (Å²) in [6.07, 6.45) is 6.69. The van der Waals surface area contributed by atoms with Crippen molar-refractivity contribution >= 4 is 22.4 Å². The summed E-state index contributed by atoms with van der Waals surface area (Å²) in [7, 11) is 0. The molecule has 0 unspecified atom stereocenters. The number of anilines is 1. The molecule has 1 amide bonds. The highest BCUT2D eigenvalue weighted by Gasteiger charge is 2.33. The number of hydrogen-bond donors (Lipinski definition) is 1. The summed E-state index contributed by atoms with van der Waals surface area (Å²) in [6.45, 7) is 4.57. The molecule has 0 radical (unpaired) electrons. The third kappa shape index (κ3) is 2.56. The molecule has 22 heavy (non-hydrogen) atoms. The predicted octanol–water partition coefficient (Wildman–Crippen LogP) is 3.78. The van der Waals surface area contributed by atoms with Gasteiger partial charge in [-0.1, -0.05) is 13.8 Å². The molecule has 116 valence electrons. The number of aromatic nitrogens is 2. The molecule has 2 aromatic heterocycles. The van der Waals surface area contributed by atoms with E-state index < -0.39 is 0 Å². The van der Waals surface area contributed by atoms with Gasteiger partial charge < -0.3 is 4.42 Å². The fraction of sp³-hybridized carbons (Fsp3) is 0.562. The van der Waals surface area contributed by atoms with Crippen molar-refractivity contribution in [2.45, 2.75) is 51.9 Å². The summed E-state index contributed by atoms with van der Waals surface area (Å²) in [6, 6.07) is 0. The third-order valence-corrected chi connectivity index (χ3v) is 5.45. The minimum atomic E-state index is -0.207. The van der Waals surface area contributed by atoms with E-state index in [0.29, 0.717) is 22.2 Å². The molecule has 0 atom stereocenters. The van der Waals surface area contributed by atoms with Gasteiger partial charge in [0.05, 0.1) is 5.69 Å². The highest BCUT2D eigenvalue weighted by Crippen LogP contribution is 2.42. The molecule has 2 aromatic rings. The van der Waals surface area contributed by atoms with Crippen LogP contribution in [0.1, 0.15) is 65.8 Å². The number of oxazole rings is 1. The van der Waals surface area contributed by atoms with E-state index in [1.165, 1.54) is 11.3 Å². The number of hydrogen-bond acceptors (Lipinski definition) is 5. The van der Waals surface area contributed by atoms with Crippen LogP contribution in [0.3, 0.4) is 0 Å². The first-order valence-electron chi connectivity index (χ1n) is 7.75. The summed E-state index contributed by atoms with van der Waals surface area (Å²) < 4.78 is 5.37. The number of aryl methyl sites for hydroxylation is 1. The van der Waals surface area contributed by atoms with E-state index in [2.05, 4.69) is 29.1 Å². The maximum Gasteiger partial charge on any atom is 0.279 e. The Morgan fingerprint density at radius 2 is 2.27 bits per heavy atom. The highest BCUT2D eigenvalue weighted by atomic mass is 32.1. The van der Waals surface area contributed by atoms with Crippen molar-refractivity contribution in [2.24, 2.45) is 5.41 Å². The lowest BCUT2D eigenvalue weighted by molar-refractivity contribution is 0.102. The monoisotopic (exact) mass is 317 g/mol. The Balaban J connectivity index is 1.53. The van der Waals surface area contributed by atoms with Crippen LogP contribution in [0, 0.1) is 5.41 Å². The Morgan fingerprint density at radius 3 is 3.05 bits per heavy atom. The SMILES string of the molecule is CC1(C)CCc2nc(NC(=O)c3ncoc3C3CC3)sc2C1. The van der Waals surface area contributed by atoms with E-state index in [-0.39, 0.29) is 5.91 Å². The van der Waals surface area contributed by atoms with Gasteiger partial charge in [0.15, 0.2) is 17.2 Å². The molecule has 0 spiro atoms. The molecule has 1 saturated carbocycles. The van der Waals surface area contributed by atoms with Crippen LogP contribution in [0.5, 0.6) is 0 Å². The second-order valence-electron chi connectivity index (χ2n) is 7.02. The lowest BCUT2D eigenvalue weighted by atomic mass is 9.79. The maximum atomic E-state index is 12.4. The average molecular weight is 317 g/mol. The summed E-state index contributed by atoms with van der Waals surface area (Å²) in [5.74, 6) is 0.884. The van der Waals surface area contributed by atoms with Crippen molar-refractivity contribution in [2.75, 3.05) is 5.32 Å². The summed E-state index contributed by atoms with van der Waals surface area (Å²) in [4.78, 5) is 22.4. The second-order valence-corrected chi connectivity index (χ2v) is 8.11. The molecule has 2 heterocycles. The molecule has 5 nitrogen and oxygen atoms in total. The van der Waals surface area contributed by atoms with Gasteiger partial charge in [0.2, 0.25) is 0 Å². The first kappa shape index (κ1) is 13.9. The fourth-order valence-electron chi connectivity index (χ4n) is 2.97. The molecular formula is C16H19N3O2S. The zero-order valence-corrected chi connectivity index (χ0v) is 13.6. The number of carbonyl (C=O) groups excluding carboxylic acids is 1. The van der Waals surface area contributed by atoms with Crippen LogP contribution < -0.4 is 5.32 Å². The zero-order valence-electron chi connectivity index (χ0n) is 12.8. The molecule has 4 rings (SSSR count). The Hall–Kier alpha value is -1.69. The smallest absolute Gasteiger partial charge is 0.279 e. The third-order valence-electron chi connectivity index (χ3n) is 4.43. The van der Waals surface area contributed by atoms with E-state index >= 15 is 0 Å². The summed E-state index contributed by atoms with van der Waals surface area (Å²) in [5, 5.41) is 3.58. The maximum absolute atomic E-state index is 12.4. The summed E-state index contributed by atoms with van der Waals surface area (Å²) in [5.41, 5.74) is 1.88. The molecule has 0 saturated heterocycles. The van der Waals surface area contributed by atoms with E-state index in [9.17, 15) is 4.79 Å². The molecule has 1 N–H and O–H groups in total. The number of fused-ring (bicyclic) bond motifs is 1. The molecule has 6 heteroatoms. The first-order valence-corrected chi connectivity index (χ1v) is 8.57.